The minimum Gasteiger partial charge on any atom is -0.481 e. The van der Waals surface area contributed by atoms with Crippen molar-refractivity contribution < 1.29 is 14.6 Å². The number of thiazole rings is 1. The van der Waals surface area contributed by atoms with Crippen LogP contribution < -0.4 is 4.90 Å². The Bertz CT molecular complexity index is 414. The van der Waals surface area contributed by atoms with Gasteiger partial charge in [0.05, 0.1) is 24.8 Å². The van der Waals surface area contributed by atoms with Crippen LogP contribution in [0.2, 0.25) is 0 Å². The normalized spacial score (nSPS) is 16.8. The van der Waals surface area contributed by atoms with Crippen LogP contribution in [0, 0.1) is 0 Å². The van der Waals surface area contributed by atoms with E-state index in [1.807, 2.05) is 0 Å². The summed E-state index contributed by atoms with van der Waals surface area (Å²) in [6.07, 6.45) is 3.15. The number of ether oxygens (including phenoxy) is 1. The lowest BCUT2D eigenvalue weighted by Crippen LogP contribution is -2.37. The zero-order valence-electron chi connectivity index (χ0n) is 11.2. The van der Waals surface area contributed by atoms with Crippen LogP contribution in [-0.4, -0.2) is 41.9 Å². The number of anilines is 1. The van der Waals surface area contributed by atoms with E-state index in [0.717, 1.165) is 43.2 Å². The van der Waals surface area contributed by atoms with Crippen LogP contribution in [-0.2, 0) is 16.0 Å². The van der Waals surface area contributed by atoms with Crippen molar-refractivity contribution in [3.8, 4) is 0 Å². The first-order chi connectivity index (χ1) is 9.19. The third kappa shape index (κ3) is 4.18. The molecule has 106 valence electrons. The Labute approximate surface area is 117 Å². The molecule has 5 nitrogen and oxygen atoms in total. The predicted molar refractivity (Wildman–Crippen MR) is 74.9 cm³/mol. The molecular weight excluding hydrogens is 264 g/mol. The second-order valence-corrected chi connectivity index (χ2v) is 5.51. The molecule has 0 amide bonds. The fraction of sp³-hybridized carbons (Fsp3) is 0.692. The number of aliphatic carboxylic acids is 1. The maximum absolute atomic E-state index is 10.4. The van der Waals surface area contributed by atoms with Crippen molar-refractivity contribution >= 4 is 22.4 Å². The Kier molecular flexibility index (Phi) is 5.15. The number of aryl methyl sites for hydroxylation is 1. The van der Waals surface area contributed by atoms with Crippen LogP contribution in [0.1, 0.15) is 31.9 Å². The summed E-state index contributed by atoms with van der Waals surface area (Å²) < 4.78 is 5.58. The van der Waals surface area contributed by atoms with Gasteiger partial charge in [0, 0.05) is 18.5 Å². The molecular formula is C13H20N2O3S. The monoisotopic (exact) mass is 284 g/mol. The van der Waals surface area contributed by atoms with Gasteiger partial charge in [-0.05, 0) is 19.3 Å². The summed E-state index contributed by atoms with van der Waals surface area (Å²) in [6, 6.07) is 0. The van der Waals surface area contributed by atoms with Gasteiger partial charge in [0.15, 0.2) is 5.13 Å². The summed E-state index contributed by atoms with van der Waals surface area (Å²) >= 11 is 1.70. The quantitative estimate of drug-likeness (QED) is 0.867. The molecule has 0 bridgehead atoms. The summed E-state index contributed by atoms with van der Waals surface area (Å²) in [5.74, 6) is -0.799. The first-order valence-electron chi connectivity index (χ1n) is 6.71. The molecule has 0 radical (unpaired) electrons. The maximum Gasteiger partial charge on any atom is 0.305 e. The van der Waals surface area contributed by atoms with Crippen LogP contribution in [0.3, 0.4) is 0 Å². The molecule has 0 atom stereocenters. The first-order valence-corrected chi connectivity index (χ1v) is 7.59. The molecule has 0 unspecified atom stereocenters. The Hall–Kier alpha value is -1.14. The van der Waals surface area contributed by atoms with Crippen molar-refractivity contribution in [3.63, 3.8) is 0 Å². The molecule has 2 heterocycles. The van der Waals surface area contributed by atoms with E-state index in [0.29, 0.717) is 6.61 Å². The third-order valence-corrected chi connectivity index (χ3v) is 4.23. The lowest BCUT2D eigenvalue weighted by atomic mass is 10.1. The number of carbonyl (C=O) groups is 1. The number of nitrogens with zero attached hydrogens (tertiary/aromatic N) is 2. The molecule has 1 saturated heterocycles. The number of aromatic nitrogens is 1. The van der Waals surface area contributed by atoms with E-state index in [-0.39, 0.29) is 12.5 Å². The molecule has 0 spiro atoms. The van der Waals surface area contributed by atoms with Gasteiger partial charge in [-0.1, -0.05) is 6.92 Å². The van der Waals surface area contributed by atoms with Gasteiger partial charge in [-0.25, -0.2) is 4.98 Å². The number of piperidine rings is 1. The van der Waals surface area contributed by atoms with Gasteiger partial charge in [-0.3, -0.25) is 4.79 Å². The van der Waals surface area contributed by atoms with Crippen LogP contribution in [0.15, 0.2) is 5.38 Å². The number of carboxylic acid groups (broad SMARTS) is 1. The third-order valence-electron chi connectivity index (χ3n) is 3.28. The van der Waals surface area contributed by atoms with Crippen molar-refractivity contribution in [2.24, 2.45) is 0 Å². The summed E-state index contributed by atoms with van der Waals surface area (Å²) in [7, 11) is 0. The highest BCUT2D eigenvalue weighted by molar-refractivity contribution is 7.13. The van der Waals surface area contributed by atoms with E-state index in [1.165, 1.54) is 0 Å². The molecule has 19 heavy (non-hydrogen) atoms. The molecule has 2 rings (SSSR count). The highest BCUT2D eigenvalue weighted by Gasteiger charge is 2.21. The van der Waals surface area contributed by atoms with Crippen molar-refractivity contribution in [2.75, 3.05) is 24.6 Å². The van der Waals surface area contributed by atoms with Gasteiger partial charge < -0.3 is 14.7 Å². The van der Waals surface area contributed by atoms with E-state index in [9.17, 15) is 4.79 Å². The second-order valence-electron chi connectivity index (χ2n) is 4.68. The van der Waals surface area contributed by atoms with Gasteiger partial charge in [0.2, 0.25) is 0 Å². The van der Waals surface area contributed by atoms with Crippen LogP contribution >= 0.6 is 11.3 Å². The fourth-order valence-electron chi connectivity index (χ4n) is 2.13. The average molecular weight is 284 g/mol. The van der Waals surface area contributed by atoms with Crippen LogP contribution in [0.25, 0.3) is 0 Å². The smallest absolute Gasteiger partial charge is 0.305 e. The Balaban J connectivity index is 1.74. The number of carboxylic acids is 1. The molecule has 1 aliphatic heterocycles. The van der Waals surface area contributed by atoms with E-state index in [2.05, 4.69) is 22.2 Å². The minimum atomic E-state index is -0.799. The van der Waals surface area contributed by atoms with Gasteiger partial charge >= 0.3 is 5.97 Å². The molecule has 1 aliphatic rings. The standard InChI is InChI=1S/C13H20N2O3S/c1-2-10-9-19-13(14-10)15-6-3-11(4-7-15)18-8-5-12(16)17/h9,11H,2-8H2,1H3,(H,16,17). The average Bonchev–Trinajstić information content (AvgIpc) is 2.88. The van der Waals surface area contributed by atoms with E-state index < -0.39 is 5.97 Å². The largest absolute Gasteiger partial charge is 0.481 e. The minimum absolute atomic E-state index is 0.0898. The molecule has 0 saturated carbocycles. The molecule has 1 N–H and O–H groups in total. The zero-order valence-corrected chi connectivity index (χ0v) is 12.0. The van der Waals surface area contributed by atoms with Crippen LogP contribution in [0.5, 0.6) is 0 Å². The fourth-order valence-corrected chi connectivity index (χ4v) is 3.09. The summed E-state index contributed by atoms with van der Waals surface area (Å²) in [6.45, 7) is 4.31. The summed E-state index contributed by atoms with van der Waals surface area (Å²) in [5.41, 5.74) is 1.15. The van der Waals surface area contributed by atoms with Crippen molar-refractivity contribution in [2.45, 2.75) is 38.7 Å². The molecule has 0 aromatic carbocycles. The van der Waals surface area contributed by atoms with Crippen molar-refractivity contribution in [1.29, 1.82) is 0 Å². The lowest BCUT2D eigenvalue weighted by Gasteiger charge is -2.31. The summed E-state index contributed by atoms with van der Waals surface area (Å²) in [5, 5.41) is 11.8. The molecule has 1 fully saturated rings. The number of hydrogen-bond acceptors (Lipinski definition) is 5. The number of rotatable bonds is 6. The zero-order chi connectivity index (χ0) is 13.7. The number of hydrogen-bond donors (Lipinski definition) is 1. The Morgan fingerprint density at radius 1 is 1.58 bits per heavy atom. The lowest BCUT2D eigenvalue weighted by molar-refractivity contribution is -0.138. The van der Waals surface area contributed by atoms with Gasteiger partial charge in [0.1, 0.15) is 0 Å². The Morgan fingerprint density at radius 2 is 2.32 bits per heavy atom. The second kappa shape index (κ2) is 6.86. The maximum atomic E-state index is 10.4. The molecule has 6 heteroatoms. The summed E-state index contributed by atoms with van der Waals surface area (Å²) in [4.78, 5) is 17.3. The Morgan fingerprint density at radius 3 is 2.89 bits per heavy atom. The van der Waals surface area contributed by atoms with Gasteiger partial charge in [-0.2, -0.15) is 0 Å². The molecule has 1 aromatic rings. The SMILES string of the molecule is CCc1csc(N2CCC(OCCC(=O)O)CC2)n1. The van der Waals surface area contributed by atoms with Crippen molar-refractivity contribution in [3.05, 3.63) is 11.1 Å². The highest BCUT2D eigenvalue weighted by Crippen LogP contribution is 2.25. The predicted octanol–water partition coefficient (Wildman–Crippen LogP) is 2.17. The van der Waals surface area contributed by atoms with E-state index in [4.69, 9.17) is 9.84 Å². The van der Waals surface area contributed by atoms with E-state index in [1.54, 1.807) is 11.3 Å². The first kappa shape index (κ1) is 14.3. The van der Waals surface area contributed by atoms with Crippen molar-refractivity contribution in [1.82, 2.24) is 4.98 Å². The van der Waals surface area contributed by atoms with Gasteiger partial charge in [-0.15, -0.1) is 11.3 Å². The van der Waals surface area contributed by atoms with E-state index >= 15 is 0 Å². The molecule has 0 aliphatic carbocycles. The highest BCUT2D eigenvalue weighted by atomic mass is 32.1. The topological polar surface area (TPSA) is 62.7 Å². The molecule has 1 aromatic heterocycles. The van der Waals surface area contributed by atoms with Crippen LogP contribution in [0.4, 0.5) is 5.13 Å². The van der Waals surface area contributed by atoms with Gasteiger partial charge in [0.25, 0.3) is 0 Å².